The molecule has 1 atom stereocenters. The molecule has 2 amide bonds. The molecule has 1 aliphatic rings. The van der Waals surface area contributed by atoms with Crippen molar-refractivity contribution in [2.45, 2.75) is 39.3 Å². The lowest BCUT2D eigenvalue weighted by molar-refractivity contribution is -0.132. The lowest BCUT2D eigenvalue weighted by Crippen LogP contribution is -2.40. The Morgan fingerprint density at radius 3 is 2.53 bits per heavy atom. The van der Waals surface area contributed by atoms with E-state index in [0.717, 1.165) is 17.5 Å². The Hall–Kier alpha value is -4.39. The number of hydrogen-bond donors (Lipinski definition) is 1. The fourth-order valence-electron chi connectivity index (χ4n) is 4.72. The second-order valence-corrected chi connectivity index (χ2v) is 9.38. The van der Waals surface area contributed by atoms with E-state index in [2.05, 4.69) is 35.6 Å². The van der Waals surface area contributed by atoms with E-state index >= 15 is 0 Å². The molecule has 4 aromatic rings. The normalized spacial score (nSPS) is 14.6. The van der Waals surface area contributed by atoms with Gasteiger partial charge in [0.05, 0.1) is 6.04 Å². The van der Waals surface area contributed by atoms with Gasteiger partial charge in [-0.3, -0.25) is 9.59 Å². The molecule has 7 heteroatoms. The molecule has 2 heterocycles. The van der Waals surface area contributed by atoms with Crippen LogP contribution in [0, 0.1) is 12.7 Å². The van der Waals surface area contributed by atoms with Crippen LogP contribution < -0.4 is 10.1 Å². The minimum atomic E-state index is -0.432. The van der Waals surface area contributed by atoms with E-state index < -0.39 is 5.91 Å². The zero-order valence-electron chi connectivity index (χ0n) is 21.4. The van der Waals surface area contributed by atoms with Crippen molar-refractivity contribution in [1.82, 2.24) is 4.90 Å². The average Bonchev–Trinajstić information content (AvgIpc) is 3.42. The SMILES string of the molecule is CCC(=O)N1CCc2ccc(OCc3ccc(C(=O)Nc4ccc(F)cc4)o3)cc2C1c1ccc(C)cc1. The Morgan fingerprint density at radius 1 is 1.03 bits per heavy atom. The molecule has 6 nitrogen and oxygen atoms in total. The fourth-order valence-corrected chi connectivity index (χ4v) is 4.72. The zero-order chi connectivity index (χ0) is 26.6. The van der Waals surface area contributed by atoms with Gasteiger partial charge in [-0.25, -0.2) is 4.39 Å². The van der Waals surface area contributed by atoms with Gasteiger partial charge in [0, 0.05) is 18.7 Å². The minimum Gasteiger partial charge on any atom is -0.486 e. The number of hydrogen-bond acceptors (Lipinski definition) is 4. The van der Waals surface area contributed by atoms with Crippen LogP contribution in [0.4, 0.5) is 10.1 Å². The van der Waals surface area contributed by atoms with Crippen LogP contribution in [0.25, 0.3) is 0 Å². The van der Waals surface area contributed by atoms with Crippen molar-refractivity contribution in [3.05, 3.63) is 118 Å². The molecule has 5 rings (SSSR count). The van der Waals surface area contributed by atoms with Crippen molar-refractivity contribution < 1.29 is 23.1 Å². The largest absolute Gasteiger partial charge is 0.486 e. The topological polar surface area (TPSA) is 71.8 Å². The molecule has 0 aliphatic carbocycles. The summed E-state index contributed by atoms with van der Waals surface area (Å²) in [5.74, 6) is 0.585. The van der Waals surface area contributed by atoms with E-state index in [1.54, 1.807) is 12.1 Å². The summed E-state index contributed by atoms with van der Waals surface area (Å²) in [6, 6.07) is 22.9. The van der Waals surface area contributed by atoms with Gasteiger partial charge in [-0.2, -0.15) is 0 Å². The summed E-state index contributed by atoms with van der Waals surface area (Å²) in [4.78, 5) is 27.3. The van der Waals surface area contributed by atoms with E-state index in [1.807, 2.05) is 30.9 Å². The Bertz CT molecular complexity index is 1440. The molecule has 194 valence electrons. The maximum Gasteiger partial charge on any atom is 0.291 e. The van der Waals surface area contributed by atoms with Crippen LogP contribution in [0.5, 0.6) is 5.75 Å². The summed E-state index contributed by atoms with van der Waals surface area (Å²) in [5, 5.41) is 2.68. The number of amides is 2. The molecule has 1 N–H and O–H groups in total. The highest BCUT2D eigenvalue weighted by atomic mass is 19.1. The molecule has 3 aromatic carbocycles. The Balaban J connectivity index is 1.32. The number of nitrogens with zero attached hydrogens (tertiary/aromatic N) is 1. The first-order valence-electron chi connectivity index (χ1n) is 12.7. The van der Waals surface area contributed by atoms with Crippen LogP contribution in [0.3, 0.4) is 0 Å². The number of aryl methyl sites for hydroxylation is 1. The van der Waals surface area contributed by atoms with Gasteiger partial charge in [0.1, 0.15) is 23.9 Å². The quantitative estimate of drug-likeness (QED) is 0.309. The van der Waals surface area contributed by atoms with E-state index in [1.165, 1.54) is 35.4 Å². The van der Waals surface area contributed by atoms with Crippen LogP contribution in [-0.4, -0.2) is 23.3 Å². The monoisotopic (exact) mass is 512 g/mol. The predicted molar refractivity (Wildman–Crippen MR) is 143 cm³/mol. The Labute approximate surface area is 221 Å². The van der Waals surface area contributed by atoms with Gasteiger partial charge in [-0.15, -0.1) is 0 Å². The number of furan rings is 1. The summed E-state index contributed by atoms with van der Waals surface area (Å²) >= 11 is 0. The number of ether oxygens (including phenoxy) is 1. The standard InChI is InChI=1S/C31H29FN2O4/c1-3-29(35)34-17-16-21-8-13-25(18-27(21)30(34)22-6-4-20(2)5-7-22)37-19-26-14-15-28(38-26)31(36)33-24-11-9-23(32)10-12-24/h4-15,18,30H,3,16-17,19H2,1-2H3,(H,33,36). The average molecular weight is 513 g/mol. The first kappa shape index (κ1) is 25.3. The summed E-state index contributed by atoms with van der Waals surface area (Å²) in [5.41, 5.74) is 4.95. The number of anilines is 1. The van der Waals surface area contributed by atoms with E-state index in [4.69, 9.17) is 9.15 Å². The lowest BCUT2D eigenvalue weighted by atomic mass is 9.87. The number of rotatable bonds is 7. The number of benzene rings is 3. The molecule has 38 heavy (non-hydrogen) atoms. The molecule has 1 aliphatic heterocycles. The highest BCUT2D eigenvalue weighted by Gasteiger charge is 2.31. The highest BCUT2D eigenvalue weighted by molar-refractivity contribution is 6.02. The molecule has 1 aromatic heterocycles. The van der Waals surface area contributed by atoms with Crippen molar-refractivity contribution in [3.63, 3.8) is 0 Å². The van der Waals surface area contributed by atoms with Gasteiger partial charge < -0.3 is 19.4 Å². The summed E-state index contributed by atoms with van der Waals surface area (Å²) in [7, 11) is 0. The van der Waals surface area contributed by atoms with E-state index in [0.29, 0.717) is 30.2 Å². The minimum absolute atomic E-state index is 0.120. The number of fused-ring (bicyclic) bond motifs is 1. The molecule has 0 bridgehead atoms. The molecule has 0 saturated carbocycles. The lowest BCUT2D eigenvalue weighted by Gasteiger charge is -2.38. The van der Waals surface area contributed by atoms with Crippen molar-refractivity contribution in [2.24, 2.45) is 0 Å². The predicted octanol–water partition coefficient (Wildman–Crippen LogP) is 6.44. The van der Waals surface area contributed by atoms with Gasteiger partial charge in [0.2, 0.25) is 5.91 Å². The molecule has 0 spiro atoms. The van der Waals surface area contributed by atoms with Crippen molar-refractivity contribution in [1.29, 1.82) is 0 Å². The molecule has 0 radical (unpaired) electrons. The van der Waals surface area contributed by atoms with Gasteiger partial charge in [-0.05, 0) is 78.6 Å². The van der Waals surface area contributed by atoms with Crippen molar-refractivity contribution >= 4 is 17.5 Å². The maximum absolute atomic E-state index is 13.1. The van der Waals surface area contributed by atoms with E-state index in [-0.39, 0.29) is 30.1 Å². The third-order valence-electron chi connectivity index (χ3n) is 6.73. The van der Waals surface area contributed by atoms with Gasteiger partial charge in [0.25, 0.3) is 5.91 Å². The molecule has 0 saturated heterocycles. The summed E-state index contributed by atoms with van der Waals surface area (Å²) < 4.78 is 24.8. The Kier molecular flexibility index (Phi) is 7.26. The summed E-state index contributed by atoms with van der Waals surface area (Å²) in [6.07, 6.45) is 1.23. The number of halogens is 1. The molecular formula is C31H29FN2O4. The molecule has 1 unspecified atom stereocenters. The molecular weight excluding hydrogens is 483 g/mol. The number of carbonyl (C=O) groups is 2. The van der Waals surface area contributed by atoms with Gasteiger partial charge in [-0.1, -0.05) is 42.8 Å². The summed E-state index contributed by atoms with van der Waals surface area (Å²) in [6.45, 7) is 4.75. The van der Waals surface area contributed by atoms with Gasteiger partial charge in [0.15, 0.2) is 5.76 Å². The smallest absolute Gasteiger partial charge is 0.291 e. The van der Waals surface area contributed by atoms with Crippen LogP contribution in [0.2, 0.25) is 0 Å². The van der Waals surface area contributed by atoms with Crippen LogP contribution in [0.1, 0.15) is 58.0 Å². The molecule has 0 fully saturated rings. The fraction of sp³-hybridized carbons (Fsp3) is 0.226. The van der Waals surface area contributed by atoms with Crippen LogP contribution >= 0.6 is 0 Å². The highest BCUT2D eigenvalue weighted by Crippen LogP contribution is 2.37. The number of carbonyl (C=O) groups excluding carboxylic acids is 2. The third-order valence-corrected chi connectivity index (χ3v) is 6.73. The Morgan fingerprint density at radius 2 is 1.79 bits per heavy atom. The third kappa shape index (κ3) is 5.47. The first-order chi connectivity index (χ1) is 18.4. The van der Waals surface area contributed by atoms with Crippen molar-refractivity contribution in [2.75, 3.05) is 11.9 Å². The maximum atomic E-state index is 13.1. The number of nitrogens with one attached hydrogen (secondary N) is 1. The van der Waals surface area contributed by atoms with Crippen molar-refractivity contribution in [3.8, 4) is 5.75 Å². The zero-order valence-corrected chi connectivity index (χ0v) is 21.4. The second-order valence-electron chi connectivity index (χ2n) is 9.38. The van der Waals surface area contributed by atoms with E-state index in [9.17, 15) is 14.0 Å². The van der Waals surface area contributed by atoms with Crippen LogP contribution in [0.15, 0.2) is 83.3 Å². The van der Waals surface area contributed by atoms with Crippen LogP contribution in [-0.2, 0) is 17.8 Å². The first-order valence-corrected chi connectivity index (χ1v) is 12.7. The van der Waals surface area contributed by atoms with Gasteiger partial charge >= 0.3 is 0 Å². The second kappa shape index (κ2) is 10.9.